The lowest BCUT2D eigenvalue weighted by Crippen LogP contribution is -2.29. The lowest BCUT2D eigenvalue weighted by molar-refractivity contribution is 0.279. The largest absolute Gasteiger partial charge is 0.396 e. The van der Waals surface area contributed by atoms with Crippen LogP contribution in [0.2, 0.25) is 5.15 Å². The normalized spacial score (nSPS) is 21.2. The number of halogens is 1. The fourth-order valence-electron chi connectivity index (χ4n) is 2.09. The molecule has 1 aromatic heterocycles. The van der Waals surface area contributed by atoms with Gasteiger partial charge in [0, 0.05) is 24.6 Å². The Labute approximate surface area is 98.7 Å². The molecule has 1 aliphatic rings. The van der Waals surface area contributed by atoms with E-state index in [4.69, 9.17) is 16.7 Å². The molecule has 15 heavy (non-hydrogen) atoms. The monoisotopic (exact) mass is 246 g/mol. The van der Waals surface area contributed by atoms with Crippen LogP contribution in [-0.2, 0) is 0 Å². The van der Waals surface area contributed by atoms with E-state index in [-0.39, 0.29) is 6.61 Å². The molecule has 0 aliphatic carbocycles. The molecule has 1 aromatic rings. The first-order valence-electron chi connectivity index (χ1n) is 5.30. The molecule has 0 spiro atoms. The van der Waals surface area contributed by atoms with Crippen LogP contribution < -0.4 is 4.90 Å². The minimum Gasteiger partial charge on any atom is -0.396 e. The van der Waals surface area contributed by atoms with Crippen molar-refractivity contribution in [3.63, 3.8) is 0 Å². The number of hydrogen-bond donors (Lipinski definition) is 1. The van der Waals surface area contributed by atoms with Gasteiger partial charge in [-0.2, -0.15) is 0 Å². The second-order valence-electron chi connectivity index (χ2n) is 3.81. The molecule has 2 heterocycles. The minimum absolute atomic E-state index is 0.281. The molecule has 1 fully saturated rings. The van der Waals surface area contributed by atoms with Crippen molar-refractivity contribution < 1.29 is 5.11 Å². The van der Waals surface area contributed by atoms with Crippen molar-refractivity contribution in [1.82, 2.24) is 4.98 Å². The van der Waals surface area contributed by atoms with E-state index < -0.39 is 0 Å². The number of aromatic nitrogens is 1. The lowest BCUT2D eigenvalue weighted by atomic mass is 10.1. The van der Waals surface area contributed by atoms with Crippen LogP contribution in [0.15, 0.2) is 5.38 Å². The maximum absolute atomic E-state index is 8.83. The van der Waals surface area contributed by atoms with E-state index >= 15 is 0 Å². The molecule has 5 heteroatoms. The van der Waals surface area contributed by atoms with Crippen molar-refractivity contribution in [3.05, 3.63) is 10.5 Å². The zero-order valence-corrected chi connectivity index (χ0v) is 10.1. The Morgan fingerprint density at radius 2 is 2.53 bits per heavy atom. The summed E-state index contributed by atoms with van der Waals surface area (Å²) >= 11 is 7.43. The Bertz CT molecular complexity index is 318. The third kappa shape index (κ3) is 2.62. The maximum atomic E-state index is 8.83. The van der Waals surface area contributed by atoms with Crippen molar-refractivity contribution in [2.24, 2.45) is 0 Å². The van der Waals surface area contributed by atoms with Gasteiger partial charge in [0.05, 0.1) is 0 Å². The summed E-state index contributed by atoms with van der Waals surface area (Å²) in [5, 5.41) is 12.3. The van der Waals surface area contributed by atoms with Gasteiger partial charge >= 0.3 is 0 Å². The number of rotatable bonds is 4. The molecular weight excluding hydrogens is 232 g/mol. The molecule has 3 nitrogen and oxygen atoms in total. The SMILES string of the molecule is OCCCC1CCCN1c1nc(Cl)cs1. The lowest BCUT2D eigenvalue weighted by Gasteiger charge is -2.23. The van der Waals surface area contributed by atoms with Gasteiger partial charge < -0.3 is 10.0 Å². The standard InChI is InChI=1S/C10H15ClN2OS/c11-9-7-15-10(12-9)13-5-1-3-8(13)4-2-6-14/h7-8,14H,1-6H2. The van der Waals surface area contributed by atoms with Gasteiger partial charge in [-0.1, -0.05) is 11.6 Å². The zero-order chi connectivity index (χ0) is 10.7. The molecule has 0 radical (unpaired) electrons. The Balaban J connectivity index is 2.01. The van der Waals surface area contributed by atoms with Crippen molar-refractivity contribution in [1.29, 1.82) is 0 Å². The van der Waals surface area contributed by atoms with Crippen LogP contribution in [0.25, 0.3) is 0 Å². The number of hydrogen-bond acceptors (Lipinski definition) is 4. The fourth-order valence-corrected chi connectivity index (χ4v) is 3.14. The Kier molecular flexibility index (Phi) is 3.83. The molecule has 1 unspecified atom stereocenters. The van der Waals surface area contributed by atoms with E-state index in [1.165, 1.54) is 12.8 Å². The molecule has 0 bridgehead atoms. The zero-order valence-electron chi connectivity index (χ0n) is 8.53. The van der Waals surface area contributed by atoms with Crippen molar-refractivity contribution in [2.75, 3.05) is 18.1 Å². The summed E-state index contributed by atoms with van der Waals surface area (Å²) in [6, 6.07) is 0.541. The van der Waals surface area contributed by atoms with Crippen molar-refractivity contribution in [3.8, 4) is 0 Å². The number of aliphatic hydroxyl groups is 1. The van der Waals surface area contributed by atoms with Gasteiger partial charge in [-0.3, -0.25) is 0 Å². The quantitative estimate of drug-likeness (QED) is 0.887. The molecule has 1 N–H and O–H groups in total. The Hall–Kier alpha value is -0.320. The van der Waals surface area contributed by atoms with Crippen LogP contribution in [0.3, 0.4) is 0 Å². The van der Waals surface area contributed by atoms with Crippen molar-refractivity contribution in [2.45, 2.75) is 31.7 Å². The van der Waals surface area contributed by atoms with Crippen LogP contribution in [0.4, 0.5) is 5.13 Å². The first-order chi connectivity index (χ1) is 7.31. The number of aliphatic hydroxyl groups excluding tert-OH is 1. The molecular formula is C10H15ClN2OS. The summed E-state index contributed by atoms with van der Waals surface area (Å²) in [4.78, 5) is 6.62. The maximum Gasteiger partial charge on any atom is 0.186 e. The van der Waals surface area contributed by atoms with Crippen LogP contribution in [0, 0.1) is 0 Å². The summed E-state index contributed by atoms with van der Waals surface area (Å²) < 4.78 is 0. The summed E-state index contributed by atoms with van der Waals surface area (Å²) in [5.41, 5.74) is 0. The topological polar surface area (TPSA) is 36.4 Å². The van der Waals surface area contributed by atoms with Gasteiger partial charge in [-0.25, -0.2) is 4.98 Å². The summed E-state index contributed by atoms with van der Waals surface area (Å²) in [6.07, 6.45) is 4.35. The van der Waals surface area contributed by atoms with E-state index in [0.717, 1.165) is 24.5 Å². The average Bonchev–Trinajstić information content (AvgIpc) is 2.82. The number of nitrogens with zero attached hydrogens (tertiary/aromatic N) is 2. The highest BCUT2D eigenvalue weighted by atomic mass is 35.5. The molecule has 2 rings (SSSR count). The molecule has 0 amide bonds. The number of anilines is 1. The van der Waals surface area contributed by atoms with Gasteiger partial charge in [-0.05, 0) is 25.7 Å². The third-order valence-corrected chi connectivity index (χ3v) is 3.98. The van der Waals surface area contributed by atoms with E-state index in [2.05, 4.69) is 9.88 Å². The van der Waals surface area contributed by atoms with Crippen LogP contribution in [-0.4, -0.2) is 29.3 Å². The van der Waals surface area contributed by atoms with Crippen LogP contribution in [0.1, 0.15) is 25.7 Å². The highest BCUT2D eigenvalue weighted by molar-refractivity contribution is 7.14. The van der Waals surface area contributed by atoms with E-state index in [0.29, 0.717) is 11.2 Å². The summed E-state index contributed by atoms with van der Waals surface area (Å²) in [5.74, 6) is 0. The minimum atomic E-state index is 0.281. The molecule has 0 aromatic carbocycles. The predicted molar refractivity (Wildman–Crippen MR) is 63.8 cm³/mol. The van der Waals surface area contributed by atoms with E-state index in [1.807, 2.05) is 5.38 Å². The molecule has 84 valence electrons. The molecule has 0 saturated carbocycles. The smallest absolute Gasteiger partial charge is 0.186 e. The molecule has 1 saturated heterocycles. The predicted octanol–water partition coefficient (Wildman–Crippen LogP) is 2.54. The Morgan fingerprint density at radius 3 is 3.20 bits per heavy atom. The van der Waals surface area contributed by atoms with Crippen LogP contribution in [0.5, 0.6) is 0 Å². The van der Waals surface area contributed by atoms with Gasteiger partial charge in [-0.15, -0.1) is 11.3 Å². The third-order valence-electron chi connectivity index (χ3n) is 2.78. The van der Waals surface area contributed by atoms with Crippen molar-refractivity contribution >= 4 is 28.1 Å². The number of thiazole rings is 1. The summed E-state index contributed by atoms with van der Waals surface area (Å²) in [7, 11) is 0. The Morgan fingerprint density at radius 1 is 1.67 bits per heavy atom. The highest BCUT2D eigenvalue weighted by Gasteiger charge is 2.26. The molecule has 1 atom stereocenters. The second kappa shape index (κ2) is 5.14. The van der Waals surface area contributed by atoms with Gasteiger partial charge in [0.25, 0.3) is 0 Å². The summed E-state index contributed by atoms with van der Waals surface area (Å²) in [6.45, 7) is 1.35. The molecule has 1 aliphatic heterocycles. The van der Waals surface area contributed by atoms with Gasteiger partial charge in [0.1, 0.15) is 5.15 Å². The van der Waals surface area contributed by atoms with E-state index in [9.17, 15) is 0 Å². The second-order valence-corrected chi connectivity index (χ2v) is 5.03. The van der Waals surface area contributed by atoms with Gasteiger partial charge in [0.15, 0.2) is 5.13 Å². The van der Waals surface area contributed by atoms with Gasteiger partial charge in [0.2, 0.25) is 0 Å². The van der Waals surface area contributed by atoms with E-state index in [1.54, 1.807) is 11.3 Å². The first kappa shape index (κ1) is 11.2. The fraction of sp³-hybridized carbons (Fsp3) is 0.700. The average molecular weight is 247 g/mol. The van der Waals surface area contributed by atoms with Crippen LogP contribution >= 0.6 is 22.9 Å². The highest BCUT2D eigenvalue weighted by Crippen LogP contribution is 2.31. The first-order valence-corrected chi connectivity index (χ1v) is 6.55.